The van der Waals surface area contributed by atoms with Gasteiger partial charge in [-0.15, -0.1) is 11.8 Å². The van der Waals surface area contributed by atoms with E-state index in [0.717, 1.165) is 24.3 Å². The summed E-state index contributed by atoms with van der Waals surface area (Å²) in [5.74, 6) is 0.0382. The van der Waals surface area contributed by atoms with Crippen molar-refractivity contribution in [1.29, 1.82) is 0 Å². The minimum atomic E-state index is -0.104. The van der Waals surface area contributed by atoms with E-state index >= 15 is 0 Å². The lowest BCUT2D eigenvalue weighted by Crippen LogP contribution is -2.44. The molecule has 1 fully saturated rings. The predicted molar refractivity (Wildman–Crippen MR) is 94.8 cm³/mol. The summed E-state index contributed by atoms with van der Waals surface area (Å²) in [6, 6.07) is 8.00. The first kappa shape index (κ1) is 17.0. The molecule has 1 aromatic heterocycles. The molecule has 0 N–H and O–H groups in total. The molecule has 0 saturated carbocycles. The van der Waals surface area contributed by atoms with Crippen LogP contribution in [0, 0.1) is 0 Å². The highest BCUT2D eigenvalue weighted by Crippen LogP contribution is 2.20. The van der Waals surface area contributed by atoms with Crippen LogP contribution in [0.25, 0.3) is 0 Å². The van der Waals surface area contributed by atoms with Crippen molar-refractivity contribution < 1.29 is 9.53 Å². The zero-order valence-electron chi connectivity index (χ0n) is 13.3. The second-order valence-corrected chi connectivity index (χ2v) is 6.87. The van der Waals surface area contributed by atoms with E-state index in [1.54, 1.807) is 11.8 Å². The van der Waals surface area contributed by atoms with Crippen LogP contribution < -0.4 is 4.74 Å². The first-order valence-corrected chi connectivity index (χ1v) is 9.33. The van der Waals surface area contributed by atoms with E-state index in [2.05, 4.69) is 9.97 Å². The summed E-state index contributed by atoms with van der Waals surface area (Å²) >= 11 is 7.40. The minimum Gasteiger partial charge on any atom is -0.458 e. The lowest BCUT2D eigenvalue weighted by Gasteiger charge is -2.32. The predicted octanol–water partition coefficient (Wildman–Crippen LogP) is 3.54. The van der Waals surface area contributed by atoms with E-state index < -0.39 is 0 Å². The number of ether oxygens (including phenoxy) is 1. The monoisotopic (exact) mass is 363 g/mol. The van der Waals surface area contributed by atoms with E-state index in [1.807, 2.05) is 35.4 Å². The highest BCUT2D eigenvalue weighted by molar-refractivity contribution is 7.98. The third kappa shape index (κ3) is 4.19. The van der Waals surface area contributed by atoms with Crippen molar-refractivity contribution in [3.8, 4) is 6.01 Å². The van der Waals surface area contributed by atoms with Gasteiger partial charge in [0.15, 0.2) is 0 Å². The Labute approximate surface area is 150 Å². The summed E-state index contributed by atoms with van der Waals surface area (Å²) in [6.45, 7) is 1.28. The molecule has 0 aliphatic carbocycles. The van der Waals surface area contributed by atoms with Crippen molar-refractivity contribution in [1.82, 2.24) is 14.9 Å². The van der Waals surface area contributed by atoms with E-state index in [9.17, 15) is 4.79 Å². The van der Waals surface area contributed by atoms with Gasteiger partial charge >= 0.3 is 6.01 Å². The standard InChI is InChI=1S/C17H18ClN3O2S/c1-24-15-6-2-4-12(8-15)16(22)21-7-3-5-14(11-21)23-17-19-9-13(18)10-20-17/h2,4,6,8-10,14H,3,5,7,11H2,1H3. The molecule has 0 spiro atoms. The van der Waals surface area contributed by atoms with Crippen molar-refractivity contribution in [2.24, 2.45) is 0 Å². The molecular weight excluding hydrogens is 346 g/mol. The molecule has 1 saturated heterocycles. The van der Waals surface area contributed by atoms with Crippen LogP contribution in [0.15, 0.2) is 41.6 Å². The molecule has 1 aliphatic heterocycles. The molecule has 1 aliphatic rings. The van der Waals surface area contributed by atoms with Crippen LogP contribution in [-0.2, 0) is 0 Å². The number of carbonyl (C=O) groups excluding carboxylic acids is 1. The molecule has 1 aromatic carbocycles. The van der Waals surface area contributed by atoms with E-state index in [1.165, 1.54) is 12.4 Å². The molecule has 2 heterocycles. The Morgan fingerprint density at radius 1 is 1.38 bits per heavy atom. The van der Waals surface area contributed by atoms with Gasteiger partial charge in [0.25, 0.3) is 5.91 Å². The molecule has 1 amide bonds. The summed E-state index contributed by atoms with van der Waals surface area (Å²) < 4.78 is 5.79. The number of hydrogen-bond acceptors (Lipinski definition) is 5. The number of carbonyl (C=O) groups is 1. The third-order valence-electron chi connectivity index (χ3n) is 3.85. The summed E-state index contributed by atoms with van der Waals surface area (Å²) in [5.41, 5.74) is 0.713. The van der Waals surface area contributed by atoms with Crippen LogP contribution in [0.5, 0.6) is 6.01 Å². The Balaban J connectivity index is 1.66. The van der Waals surface area contributed by atoms with Crippen molar-refractivity contribution >= 4 is 29.3 Å². The second kappa shape index (κ2) is 7.85. The van der Waals surface area contributed by atoms with Gasteiger partial charge in [-0.05, 0) is 37.3 Å². The van der Waals surface area contributed by atoms with Crippen LogP contribution >= 0.6 is 23.4 Å². The largest absolute Gasteiger partial charge is 0.458 e. The molecule has 3 rings (SSSR count). The number of likely N-dealkylation sites (tertiary alicyclic amines) is 1. The molecular formula is C17H18ClN3O2S. The highest BCUT2D eigenvalue weighted by Gasteiger charge is 2.26. The number of hydrogen-bond donors (Lipinski definition) is 0. The fourth-order valence-corrected chi connectivity index (χ4v) is 3.22. The van der Waals surface area contributed by atoms with Gasteiger partial charge in [-0.2, -0.15) is 0 Å². The van der Waals surface area contributed by atoms with Gasteiger partial charge in [-0.25, -0.2) is 9.97 Å². The molecule has 24 heavy (non-hydrogen) atoms. The number of halogens is 1. The van der Waals surface area contributed by atoms with Crippen LogP contribution in [0.1, 0.15) is 23.2 Å². The van der Waals surface area contributed by atoms with Gasteiger partial charge in [-0.1, -0.05) is 17.7 Å². The lowest BCUT2D eigenvalue weighted by atomic mass is 10.1. The van der Waals surface area contributed by atoms with Crippen LogP contribution in [0.4, 0.5) is 0 Å². The van der Waals surface area contributed by atoms with E-state index in [0.29, 0.717) is 23.1 Å². The van der Waals surface area contributed by atoms with Crippen molar-refractivity contribution in [3.63, 3.8) is 0 Å². The average molecular weight is 364 g/mol. The Kier molecular flexibility index (Phi) is 5.58. The molecule has 0 radical (unpaired) electrons. The number of aromatic nitrogens is 2. The normalized spacial score (nSPS) is 17.6. The van der Waals surface area contributed by atoms with Crippen molar-refractivity contribution in [3.05, 3.63) is 47.2 Å². The van der Waals surface area contributed by atoms with Gasteiger partial charge < -0.3 is 9.64 Å². The molecule has 2 aromatic rings. The van der Waals surface area contributed by atoms with Crippen LogP contribution in [-0.4, -0.2) is 46.2 Å². The van der Waals surface area contributed by atoms with Gasteiger partial charge in [0, 0.05) is 17.0 Å². The maximum absolute atomic E-state index is 12.7. The third-order valence-corrected chi connectivity index (χ3v) is 4.77. The molecule has 7 heteroatoms. The van der Waals surface area contributed by atoms with Crippen LogP contribution in [0.3, 0.4) is 0 Å². The Morgan fingerprint density at radius 2 is 2.17 bits per heavy atom. The van der Waals surface area contributed by atoms with Gasteiger partial charge in [0.05, 0.1) is 24.0 Å². The first-order chi connectivity index (χ1) is 11.7. The minimum absolute atomic E-state index is 0.0382. The Hall–Kier alpha value is -1.79. The summed E-state index contributed by atoms with van der Waals surface area (Å²) in [7, 11) is 0. The molecule has 0 bridgehead atoms. The molecule has 1 unspecified atom stereocenters. The number of amides is 1. The summed E-state index contributed by atoms with van der Waals surface area (Å²) in [6.07, 6.45) is 6.67. The van der Waals surface area contributed by atoms with E-state index in [4.69, 9.17) is 16.3 Å². The maximum Gasteiger partial charge on any atom is 0.316 e. The molecule has 5 nitrogen and oxygen atoms in total. The maximum atomic E-state index is 12.7. The van der Waals surface area contributed by atoms with Crippen molar-refractivity contribution in [2.45, 2.75) is 23.8 Å². The SMILES string of the molecule is CSc1cccc(C(=O)N2CCCC(Oc3ncc(Cl)cn3)C2)c1. The number of benzene rings is 1. The average Bonchev–Trinajstić information content (AvgIpc) is 2.63. The number of piperidine rings is 1. The zero-order valence-corrected chi connectivity index (χ0v) is 14.9. The van der Waals surface area contributed by atoms with E-state index in [-0.39, 0.29) is 12.0 Å². The first-order valence-electron chi connectivity index (χ1n) is 7.73. The van der Waals surface area contributed by atoms with Crippen molar-refractivity contribution in [2.75, 3.05) is 19.3 Å². The topological polar surface area (TPSA) is 55.3 Å². The fraction of sp³-hybridized carbons (Fsp3) is 0.353. The van der Waals surface area contributed by atoms with Crippen LogP contribution in [0.2, 0.25) is 5.02 Å². The zero-order chi connectivity index (χ0) is 16.9. The molecule has 126 valence electrons. The molecule has 1 atom stereocenters. The van der Waals surface area contributed by atoms with Gasteiger partial charge in [0.1, 0.15) is 6.10 Å². The number of rotatable bonds is 4. The quantitative estimate of drug-likeness (QED) is 0.778. The second-order valence-electron chi connectivity index (χ2n) is 5.55. The lowest BCUT2D eigenvalue weighted by molar-refractivity contribution is 0.0515. The van der Waals surface area contributed by atoms with Gasteiger partial charge in [-0.3, -0.25) is 4.79 Å². The van der Waals surface area contributed by atoms with Gasteiger partial charge in [0.2, 0.25) is 0 Å². The Morgan fingerprint density at radius 3 is 2.92 bits per heavy atom. The number of nitrogens with zero attached hydrogens (tertiary/aromatic N) is 3. The Bertz CT molecular complexity index is 711. The summed E-state index contributed by atoms with van der Waals surface area (Å²) in [5, 5.41) is 0.469. The smallest absolute Gasteiger partial charge is 0.316 e. The fourth-order valence-electron chi connectivity index (χ4n) is 2.67. The highest BCUT2D eigenvalue weighted by atomic mass is 35.5. The number of thioether (sulfide) groups is 1. The summed E-state index contributed by atoms with van der Waals surface area (Å²) in [4.78, 5) is 23.7.